The van der Waals surface area contributed by atoms with Crippen molar-refractivity contribution in [2.75, 3.05) is 18.0 Å². The number of methoxy groups -OCH3 is 1. The summed E-state index contributed by atoms with van der Waals surface area (Å²) in [4.78, 5) is 29.5. The number of hydrogen-bond donors (Lipinski definition) is 1. The van der Waals surface area contributed by atoms with Crippen molar-refractivity contribution in [1.29, 1.82) is 0 Å². The summed E-state index contributed by atoms with van der Waals surface area (Å²) in [5, 5.41) is 3.15. The van der Waals surface area contributed by atoms with E-state index in [2.05, 4.69) is 21.2 Å². The topological polar surface area (TPSA) is 96.0 Å². The Morgan fingerprint density at radius 2 is 1.70 bits per heavy atom. The zero-order valence-corrected chi connectivity index (χ0v) is 27.6. The molecule has 1 fully saturated rings. The van der Waals surface area contributed by atoms with Crippen LogP contribution in [-0.2, 0) is 26.2 Å². The highest BCUT2D eigenvalue weighted by Gasteiger charge is 2.35. The van der Waals surface area contributed by atoms with Crippen molar-refractivity contribution < 1.29 is 22.7 Å². The van der Waals surface area contributed by atoms with Crippen LogP contribution in [0.25, 0.3) is 0 Å². The average molecular weight is 671 g/mol. The molecule has 1 aliphatic rings. The van der Waals surface area contributed by atoms with Crippen LogP contribution in [-0.4, -0.2) is 50.9 Å². The summed E-state index contributed by atoms with van der Waals surface area (Å²) >= 11 is 3.39. The molecule has 1 saturated carbocycles. The molecule has 2 amide bonds. The lowest BCUT2D eigenvalue weighted by atomic mass is 10.1. The van der Waals surface area contributed by atoms with Gasteiger partial charge in [0.25, 0.3) is 10.0 Å². The number of rotatable bonds is 12. The Labute approximate surface area is 263 Å². The molecule has 1 N–H and O–H groups in total. The summed E-state index contributed by atoms with van der Waals surface area (Å²) in [5.41, 5.74) is 3.19. The van der Waals surface area contributed by atoms with E-state index < -0.39 is 28.5 Å². The van der Waals surface area contributed by atoms with Crippen molar-refractivity contribution in [2.24, 2.45) is 0 Å². The predicted molar refractivity (Wildman–Crippen MR) is 173 cm³/mol. The third kappa shape index (κ3) is 7.78. The van der Waals surface area contributed by atoms with Crippen LogP contribution in [0.2, 0.25) is 0 Å². The van der Waals surface area contributed by atoms with Crippen LogP contribution in [0.5, 0.6) is 5.75 Å². The number of amides is 2. The van der Waals surface area contributed by atoms with E-state index in [1.807, 2.05) is 45.0 Å². The van der Waals surface area contributed by atoms with Gasteiger partial charge in [0, 0.05) is 12.6 Å². The van der Waals surface area contributed by atoms with Crippen LogP contribution in [0, 0.1) is 13.8 Å². The lowest BCUT2D eigenvalue weighted by molar-refractivity contribution is -0.140. The normalized spacial score (nSPS) is 14.3. The van der Waals surface area contributed by atoms with Gasteiger partial charge < -0.3 is 15.0 Å². The minimum atomic E-state index is -4.20. The number of aryl methyl sites for hydroxylation is 2. The second-order valence-electron chi connectivity index (χ2n) is 11.0. The number of halogens is 1. The van der Waals surface area contributed by atoms with Crippen LogP contribution < -0.4 is 14.4 Å². The van der Waals surface area contributed by atoms with E-state index in [0.29, 0.717) is 22.3 Å². The van der Waals surface area contributed by atoms with E-state index in [4.69, 9.17) is 4.74 Å². The third-order valence-electron chi connectivity index (χ3n) is 8.00. The number of nitrogens with one attached hydrogen (secondary N) is 1. The molecule has 0 aliphatic heterocycles. The summed E-state index contributed by atoms with van der Waals surface area (Å²) in [6.45, 7) is 5.45. The van der Waals surface area contributed by atoms with Gasteiger partial charge in [-0.3, -0.25) is 13.9 Å². The van der Waals surface area contributed by atoms with Crippen LogP contribution in [0.15, 0.2) is 76.1 Å². The van der Waals surface area contributed by atoms with Gasteiger partial charge in [0.1, 0.15) is 18.3 Å². The molecule has 3 aromatic rings. The fourth-order valence-corrected chi connectivity index (χ4v) is 7.57. The van der Waals surface area contributed by atoms with E-state index in [-0.39, 0.29) is 23.4 Å². The molecular formula is C33H40BrN3O5S. The molecule has 43 heavy (non-hydrogen) atoms. The fourth-order valence-electron chi connectivity index (χ4n) is 5.43. The van der Waals surface area contributed by atoms with Gasteiger partial charge in [-0.25, -0.2) is 8.42 Å². The minimum Gasteiger partial charge on any atom is -0.496 e. The van der Waals surface area contributed by atoms with Crippen molar-refractivity contribution in [3.63, 3.8) is 0 Å². The number of carbonyl (C=O) groups excluding carboxylic acids is 2. The van der Waals surface area contributed by atoms with Crippen LogP contribution in [0.3, 0.4) is 0 Å². The summed E-state index contributed by atoms with van der Waals surface area (Å²) in [6, 6.07) is 18.5. The van der Waals surface area contributed by atoms with Crippen LogP contribution in [0.4, 0.5) is 5.69 Å². The van der Waals surface area contributed by atoms with E-state index in [0.717, 1.165) is 46.7 Å². The zero-order chi connectivity index (χ0) is 31.1. The molecule has 0 radical (unpaired) electrons. The van der Waals surface area contributed by atoms with Crippen molar-refractivity contribution >= 4 is 43.5 Å². The number of sulfonamides is 1. The van der Waals surface area contributed by atoms with Gasteiger partial charge in [-0.05, 0) is 90.5 Å². The first-order valence-corrected chi connectivity index (χ1v) is 16.9. The van der Waals surface area contributed by atoms with Crippen LogP contribution in [0.1, 0.15) is 55.7 Å². The SMILES string of the molecule is CC[C@H](C(=O)NC1CCCC1)N(Cc1ccccc1C)C(=O)CN(c1ccc(C)cc1)S(=O)(=O)c1ccc(OC)c(Br)c1. The summed E-state index contributed by atoms with van der Waals surface area (Å²) in [6.07, 6.45) is 4.37. The fraction of sp³-hybridized carbons (Fsp3) is 0.394. The van der Waals surface area contributed by atoms with Gasteiger partial charge in [-0.1, -0.05) is 61.7 Å². The van der Waals surface area contributed by atoms with Crippen LogP contribution >= 0.6 is 15.9 Å². The Morgan fingerprint density at radius 3 is 2.30 bits per heavy atom. The lowest BCUT2D eigenvalue weighted by Gasteiger charge is -2.34. The molecule has 0 saturated heterocycles. The predicted octanol–water partition coefficient (Wildman–Crippen LogP) is 6.14. The Morgan fingerprint density at radius 1 is 1.02 bits per heavy atom. The molecule has 0 spiro atoms. The van der Waals surface area contributed by atoms with E-state index in [9.17, 15) is 18.0 Å². The molecule has 0 bridgehead atoms. The maximum Gasteiger partial charge on any atom is 0.264 e. The standard InChI is InChI=1S/C33H40BrN3O5S/c1-5-30(33(39)35-26-12-8-9-13-26)36(21-25-11-7-6-10-24(25)3)32(38)22-37(27-16-14-23(2)15-17-27)43(40,41)28-18-19-31(42-4)29(34)20-28/h6-7,10-11,14-20,26,30H,5,8-9,12-13,21-22H2,1-4H3,(H,35,39)/t30-/m1/s1. The van der Waals surface area contributed by atoms with E-state index >= 15 is 0 Å². The zero-order valence-electron chi connectivity index (χ0n) is 25.2. The number of benzene rings is 3. The molecule has 1 aliphatic carbocycles. The molecule has 230 valence electrons. The maximum absolute atomic E-state index is 14.3. The minimum absolute atomic E-state index is 0.00465. The first-order chi connectivity index (χ1) is 20.5. The van der Waals surface area contributed by atoms with E-state index in [1.54, 1.807) is 30.3 Å². The highest BCUT2D eigenvalue weighted by Crippen LogP contribution is 2.31. The maximum atomic E-state index is 14.3. The van der Waals surface area contributed by atoms with E-state index in [1.165, 1.54) is 24.1 Å². The molecule has 1 atom stereocenters. The number of carbonyl (C=O) groups is 2. The average Bonchev–Trinajstić information content (AvgIpc) is 3.50. The quantitative estimate of drug-likeness (QED) is 0.250. The van der Waals surface area contributed by atoms with Crippen molar-refractivity contribution in [1.82, 2.24) is 10.2 Å². The molecular weight excluding hydrogens is 630 g/mol. The van der Waals surface area contributed by atoms with Gasteiger partial charge in [0.2, 0.25) is 11.8 Å². The molecule has 10 heteroatoms. The molecule has 3 aromatic carbocycles. The summed E-state index contributed by atoms with van der Waals surface area (Å²) in [5.74, 6) is -0.186. The third-order valence-corrected chi connectivity index (χ3v) is 10.4. The van der Waals surface area contributed by atoms with Crippen molar-refractivity contribution in [3.8, 4) is 5.75 Å². The van der Waals surface area contributed by atoms with Crippen molar-refractivity contribution in [3.05, 3.63) is 87.9 Å². The Bertz CT molecular complexity index is 1540. The lowest BCUT2D eigenvalue weighted by Crippen LogP contribution is -2.53. The highest BCUT2D eigenvalue weighted by atomic mass is 79.9. The number of anilines is 1. The van der Waals surface area contributed by atoms with Gasteiger partial charge in [0.05, 0.1) is 22.2 Å². The number of hydrogen-bond acceptors (Lipinski definition) is 5. The molecule has 0 heterocycles. The van der Waals surface area contributed by atoms with Gasteiger partial charge >= 0.3 is 0 Å². The molecule has 0 unspecified atom stereocenters. The summed E-state index contributed by atoms with van der Waals surface area (Å²) < 4.78 is 35.2. The Hall–Kier alpha value is -3.37. The monoisotopic (exact) mass is 669 g/mol. The molecule has 0 aromatic heterocycles. The highest BCUT2D eigenvalue weighted by molar-refractivity contribution is 9.10. The van der Waals surface area contributed by atoms with Gasteiger partial charge in [-0.2, -0.15) is 0 Å². The first kappa shape index (κ1) is 32.5. The first-order valence-electron chi connectivity index (χ1n) is 14.6. The number of nitrogens with zero attached hydrogens (tertiary/aromatic N) is 2. The largest absolute Gasteiger partial charge is 0.496 e. The summed E-state index contributed by atoms with van der Waals surface area (Å²) in [7, 11) is -2.69. The Balaban J connectivity index is 1.73. The molecule has 4 rings (SSSR count). The molecule has 8 nitrogen and oxygen atoms in total. The van der Waals surface area contributed by atoms with Crippen molar-refractivity contribution in [2.45, 2.75) is 76.4 Å². The smallest absolute Gasteiger partial charge is 0.264 e. The number of ether oxygens (including phenoxy) is 1. The second kappa shape index (κ2) is 14.4. The second-order valence-corrected chi connectivity index (χ2v) is 13.7. The Kier molecular flexibility index (Phi) is 10.9. The van der Waals surface area contributed by atoms with Gasteiger partial charge in [-0.15, -0.1) is 0 Å². The van der Waals surface area contributed by atoms with Gasteiger partial charge in [0.15, 0.2) is 0 Å².